The third-order valence-electron chi connectivity index (χ3n) is 1.28. The van der Waals surface area contributed by atoms with Gasteiger partial charge < -0.3 is 5.73 Å². The van der Waals surface area contributed by atoms with E-state index in [-0.39, 0.29) is 0 Å². The van der Waals surface area contributed by atoms with Crippen LogP contribution in [-0.4, -0.2) is 21.5 Å². The van der Waals surface area contributed by atoms with Crippen LogP contribution in [0.15, 0.2) is 6.20 Å². The highest BCUT2D eigenvalue weighted by Crippen LogP contribution is 2.17. The van der Waals surface area contributed by atoms with Crippen molar-refractivity contribution < 1.29 is 4.21 Å². The molecule has 1 atom stereocenters. The quantitative estimate of drug-likeness (QED) is 0.744. The summed E-state index contributed by atoms with van der Waals surface area (Å²) in [5.41, 5.74) is 5.23. The first-order valence-electron chi connectivity index (χ1n) is 4.06. The molecule has 0 radical (unpaired) electrons. The first kappa shape index (κ1) is 11.2. The molecule has 1 rings (SSSR count). The molecule has 4 nitrogen and oxygen atoms in total. The molecule has 1 unspecified atom stereocenters. The van der Waals surface area contributed by atoms with E-state index in [9.17, 15) is 4.21 Å². The lowest BCUT2D eigenvalue weighted by molar-refractivity contribution is 0.687. The van der Waals surface area contributed by atoms with Crippen molar-refractivity contribution in [1.29, 1.82) is 0 Å². The normalized spacial score (nSPS) is 11.6. The van der Waals surface area contributed by atoms with E-state index in [1.807, 2.05) is 6.92 Å². The largest absolute Gasteiger partial charge is 0.320 e. The van der Waals surface area contributed by atoms with Crippen LogP contribution in [0.3, 0.4) is 0 Å². The monoisotopic (exact) mass is 229 g/mol. The van der Waals surface area contributed by atoms with Gasteiger partial charge in [0.2, 0.25) is 0 Å². The van der Waals surface area contributed by atoms with Gasteiger partial charge >= 0.3 is 0 Å². The molecule has 1 aromatic heterocycles. The van der Waals surface area contributed by atoms with Crippen LogP contribution in [0.4, 0.5) is 5.13 Å². The number of thiazole rings is 1. The van der Waals surface area contributed by atoms with Crippen molar-refractivity contribution in [3.05, 3.63) is 11.1 Å². The fraction of sp³-hybridized carbons (Fsp3) is 0.375. The van der Waals surface area contributed by atoms with Crippen molar-refractivity contribution in [1.82, 2.24) is 4.98 Å². The van der Waals surface area contributed by atoms with Gasteiger partial charge in [0.05, 0.1) is 17.6 Å². The van der Waals surface area contributed by atoms with Crippen LogP contribution in [-0.2, 0) is 11.0 Å². The van der Waals surface area contributed by atoms with Gasteiger partial charge in [-0.05, 0) is 0 Å². The van der Waals surface area contributed by atoms with Gasteiger partial charge in [0, 0.05) is 5.75 Å². The molecular weight excluding hydrogens is 218 g/mol. The number of nitrogens with one attached hydrogen (secondary N) is 1. The van der Waals surface area contributed by atoms with Crippen molar-refractivity contribution >= 4 is 27.5 Å². The molecule has 0 aliphatic heterocycles. The van der Waals surface area contributed by atoms with Crippen LogP contribution in [0.2, 0.25) is 0 Å². The molecule has 6 heteroatoms. The third-order valence-corrected chi connectivity index (χ3v) is 3.19. The van der Waals surface area contributed by atoms with Crippen molar-refractivity contribution in [2.45, 2.75) is 6.92 Å². The number of hydrogen-bond donors (Lipinski definition) is 2. The summed E-state index contributed by atoms with van der Waals surface area (Å²) < 4.78 is 13.9. The SMILES string of the molecule is CCS(=O)Nc1ncc(C#CCN)s1. The van der Waals surface area contributed by atoms with Crippen LogP contribution in [0.25, 0.3) is 0 Å². The predicted molar refractivity (Wildman–Crippen MR) is 60.4 cm³/mol. The van der Waals surface area contributed by atoms with E-state index in [1.54, 1.807) is 6.20 Å². The Bertz CT molecular complexity index is 377. The highest BCUT2D eigenvalue weighted by Gasteiger charge is 2.01. The molecule has 14 heavy (non-hydrogen) atoms. The number of hydrogen-bond acceptors (Lipinski definition) is 4. The molecule has 0 saturated carbocycles. The fourth-order valence-corrected chi connectivity index (χ4v) is 2.07. The Morgan fingerprint density at radius 2 is 2.57 bits per heavy atom. The van der Waals surface area contributed by atoms with Gasteiger partial charge in [-0.2, -0.15) is 0 Å². The summed E-state index contributed by atoms with van der Waals surface area (Å²) in [7, 11) is -1.05. The maximum Gasteiger partial charge on any atom is 0.195 e. The van der Waals surface area contributed by atoms with Crippen molar-refractivity contribution in [2.24, 2.45) is 5.73 Å². The number of nitrogens with zero attached hydrogens (tertiary/aromatic N) is 1. The summed E-state index contributed by atoms with van der Waals surface area (Å²) in [5.74, 6) is 6.15. The van der Waals surface area contributed by atoms with Crippen LogP contribution in [0.5, 0.6) is 0 Å². The second-order valence-corrected chi connectivity index (χ2v) is 4.77. The minimum Gasteiger partial charge on any atom is -0.320 e. The molecule has 0 saturated heterocycles. The molecule has 0 amide bonds. The molecule has 0 aliphatic carbocycles. The number of rotatable bonds is 3. The predicted octanol–water partition coefficient (Wildman–Crippen LogP) is 0.549. The molecule has 0 aromatic carbocycles. The third kappa shape index (κ3) is 3.46. The topological polar surface area (TPSA) is 68.0 Å². The summed E-state index contributed by atoms with van der Waals surface area (Å²) in [6.07, 6.45) is 1.64. The van der Waals surface area contributed by atoms with Gasteiger partial charge in [-0.1, -0.05) is 30.1 Å². The zero-order valence-electron chi connectivity index (χ0n) is 7.74. The number of aromatic nitrogens is 1. The van der Waals surface area contributed by atoms with E-state index in [0.717, 1.165) is 4.88 Å². The molecule has 1 aromatic rings. The summed E-state index contributed by atoms with van der Waals surface area (Å²) in [5, 5.41) is 0.631. The maximum absolute atomic E-state index is 11.1. The van der Waals surface area contributed by atoms with Gasteiger partial charge in [0.15, 0.2) is 5.13 Å². The van der Waals surface area contributed by atoms with Gasteiger partial charge in [-0.15, -0.1) is 0 Å². The van der Waals surface area contributed by atoms with Gasteiger partial charge in [0.25, 0.3) is 0 Å². The zero-order valence-corrected chi connectivity index (χ0v) is 9.37. The average Bonchev–Trinajstić information content (AvgIpc) is 2.62. The van der Waals surface area contributed by atoms with Crippen molar-refractivity contribution in [3.8, 4) is 11.8 Å². The summed E-state index contributed by atoms with van der Waals surface area (Å²) in [6, 6.07) is 0. The van der Waals surface area contributed by atoms with E-state index < -0.39 is 11.0 Å². The zero-order chi connectivity index (χ0) is 10.4. The lowest BCUT2D eigenvalue weighted by Crippen LogP contribution is -2.05. The van der Waals surface area contributed by atoms with E-state index >= 15 is 0 Å². The van der Waals surface area contributed by atoms with Crippen LogP contribution >= 0.6 is 11.3 Å². The molecular formula is C8H11N3OS2. The Hall–Kier alpha value is -0.900. The summed E-state index contributed by atoms with van der Waals surface area (Å²) >= 11 is 1.37. The first-order valence-corrected chi connectivity index (χ1v) is 6.19. The van der Waals surface area contributed by atoms with Crippen LogP contribution < -0.4 is 10.5 Å². The number of nitrogens with two attached hydrogens (primary N) is 1. The standard InChI is InChI=1S/C8H11N3OS2/c1-2-14(12)11-8-10-6-7(13-8)4-3-5-9/h6H,2,5,9H2,1H3,(H,10,11). The first-order chi connectivity index (χ1) is 6.76. The van der Waals surface area contributed by atoms with E-state index in [0.29, 0.717) is 17.4 Å². The van der Waals surface area contributed by atoms with Crippen LogP contribution in [0.1, 0.15) is 11.8 Å². The lowest BCUT2D eigenvalue weighted by atomic mass is 10.5. The summed E-state index contributed by atoms with van der Waals surface area (Å²) in [6.45, 7) is 2.17. The van der Waals surface area contributed by atoms with Gasteiger partial charge in [-0.25, -0.2) is 9.19 Å². The Labute approximate surface area is 89.5 Å². The fourth-order valence-electron chi connectivity index (χ4n) is 0.687. The Morgan fingerprint density at radius 1 is 1.79 bits per heavy atom. The molecule has 0 bridgehead atoms. The number of anilines is 1. The minimum atomic E-state index is -1.05. The Morgan fingerprint density at radius 3 is 3.21 bits per heavy atom. The highest BCUT2D eigenvalue weighted by atomic mass is 32.2. The molecule has 0 fully saturated rings. The van der Waals surface area contributed by atoms with E-state index in [2.05, 4.69) is 21.5 Å². The average molecular weight is 229 g/mol. The van der Waals surface area contributed by atoms with Crippen molar-refractivity contribution in [2.75, 3.05) is 17.0 Å². The Kier molecular flexibility index (Phi) is 4.59. The molecule has 76 valence electrons. The molecule has 1 heterocycles. The Balaban J connectivity index is 2.64. The smallest absolute Gasteiger partial charge is 0.195 e. The molecule has 0 spiro atoms. The van der Waals surface area contributed by atoms with E-state index in [1.165, 1.54) is 11.3 Å². The van der Waals surface area contributed by atoms with Crippen molar-refractivity contribution in [3.63, 3.8) is 0 Å². The maximum atomic E-state index is 11.1. The van der Waals surface area contributed by atoms with E-state index in [4.69, 9.17) is 5.73 Å². The molecule has 3 N–H and O–H groups in total. The van der Waals surface area contributed by atoms with Crippen LogP contribution in [0, 0.1) is 11.8 Å². The lowest BCUT2D eigenvalue weighted by Gasteiger charge is -1.96. The summed E-state index contributed by atoms with van der Waals surface area (Å²) in [4.78, 5) is 4.85. The highest BCUT2D eigenvalue weighted by molar-refractivity contribution is 7.86. The second-order valence-electron chi connectivity index (χ2n) is 2.27. The van der Waals surface area contributed by atoms with Gasteiger partial charge in [-0.3, -0.25) is 4.72 Å². The second kappa shape index (κ2) is 5.75. The molecule has 0 aliphatic rings. The minimum absolute atomic E-state index is 0.335. The van der Waals surface area contributed by atoms with Gasteiger partial charge in [0.1, 0.15) is 11.0 Å².